The summed E-state index contributed by atoms with van der Waals surface area (Å²) in [5.41, 5.74) is 7.28. The zero-order valence-corrected chi connectivity index (χ0v) is 12.5. The Morgan fingerprint density at radius 1 is 1.17 bits per heavy atom. The summed E-state index contributed by atoms with van der Waals surface area (Å²) in [6.07, 6.45) is 4.82. The highest BCUT2D eigenvalue weighted by molar-refractivity contribution is 5.65. The van der Waals surface area contributed by atoms with Crippen LogP contribution >= 0.6 is 0 Å². The number of anilines is 1. The molecule has 1 aromatic rings. The number of allylic oxidation sites excluding steroid dienone is 3. The first kappa shape index (κ1) is 14.5. The molecule has 0 aliphatic heterocycles. The van der Waals surface area contributed by atoms with E-state index in [1.54, 1.807) is 0 Å². The van der Waals surface area contributed by atoms with Crippen molar-refractivity contribution in [2.75, 3.05) is 4.90 Å². The lowest BCUT2D eigenvalue weighted by Gasteiger charge is -2.31. The van der Waals surface area contributed by atoms with E-state index in [2.05, 4.69) is 58.0 Å². The molecule has 0 atom stereocenters. The molecule has 0 spiro atoms. The first-order valence-electron chi connectivity index (χ1n) is 6.43. The van der Waals surface area contributed by atoms with Gasteiger partial charge in [-0.25, -0.2) is 0 Å². The maximum absolute atomic E-state index is 4.24. The molecule has 0 N–H and O–H groups in total. The number of hydrogen-bond donors (Lipinski definition) is 0. The molecular weight excluding hydrogens is 220 g/mol. The highest BCUT2D eigenvalue weighted by Gasteiger charge is 2.17. The predicted molar refractivity (Wildman–Crippen MR) is 79.7 cm³/mol. The van der Waals surface area contributed by atoms with Crippen LogP contribution in [0.1, 0.15) is 45.2 Å². The van der Waals surface area contributed by atoms with Crippen molar-refractivity contribution in [3.05, 3.63) is 47.1 Å². The van der Waals surface area contributed by atoms with Crippen LogP contribution in [0.2, 0.25) is 0 Å². The Morgan fingerprint density at radius 2 is 1.67 bits per heavy atom. The summed E-state index contributed by atoms with van der Waals surface area (Å²) in [5, 5.41) is 0. The zero-order chi connectivity index (χ0) is 13.9. The van der Waals surface area contributed by atoms with Crippen LogP contribution in [0.25, 0.3) is 0 Å². The number of pyridine rings is 1. The standard InChI is InChI=1S/C16H24N2/c1-8-15(11(2)3)18(12(4)5)16-13(6)9-17-10-14(16)7/h9-10H,4,8H2,1-3,5-7H3. The molecular formula is C16H24N2. The third-order valence-electron chi connectivity index (χ3n) is 3.07. The third kappa shape index (κ3) is 2.81. The Bertz CT molecular complexity index is 460. The minimum Gasteiger partial charge on any atom is -0.318 e. The van der Waals surface area contributed by atoms with Crippen molar-refractivity contribution in [1.29, 1.82) is 0 Å². The Labute approximate surface area is 111 Å². The van der Waals surface area contributed by atoms with Gasteiger partial charge in [-0.15, -0.1) is 0 Å². The van der Waals surface area contributed by atoms with Crippen LogP contribution in [0, 0.1) is 13.8 Å². The minimum absolute atomic E-state index is 0.996. The normalized spacial score (nSPS) is 10.1. The molecule has 0 aliphatic rings. The molecule has 1 aromatic heterocycles. The SMILES string of the molecule is C=C(C)N(C(CC)=C(C)C)c1c(C)cncc1C. The van der Waals surface area contributed by atoms with Crippen LogP contribution in [0.5, 0.6) is 0 Å². The van der Waals surface area contributed by atoms with E-state index >= 15 is 0 Å². The fraction of sp³-hybridized carbons (Fsp3) is 0.438. The van der Waals surface area contributed by atoms with Crippen molar-refractivity contribution in [3.8, 4) is 0 Å². The largest absolute Gasteiger partial charge is 0.318 e. The fourth-order valence-corrected chi connectivity index (χ4v) is 2.34. The second-order valence-corrected chi connectivity index (χ2v) is 4.99. The molecule has 0 amide bonds. The van der Waals surface area contributed by atoms with Crippen LogP contribution in [-0.2, 0) is 0 Å². The Kier molecular flexibility index (Phi) is 4.71. The van der Waals surface area contributed by atoms with E-state index in [0.29, 0.717) is 0 Å². The Morgan fingerprint density at radius 3 is 2.00 bits per heavy atom. The lowest BCUT2D eigenvalue weighted by Crippen LogP contribution is -2.22. The van der Waals surface area contributed by atoms with Crippen molar-refractivity contribution in [2.45, 2.75) is 48.0 Å². The first-order valence-corrected chi connectivity index (χ1v) is 6.43. The fourth-order valence-electron chi connectivity index (χ4n) is 2.34. The quantitative estimate of drug-likeness (QED) is 0.760. The smallest absolute Gasteiger partial charge is 0.0543 e. The van der Waals surface area contributed by atoms with Crippen molar-refractivity contribution in [2.24, 2.45) is 0 Å². The van der Waals surface area contributed by atoms with Gasteiger partial charge in [0.1, 0.15) is 0 Å². The van der Waals surface area contributed by atoms with Gasteiger partial charge in [0.15, 0.2) is 0 Å². The van der Waals surface area contributed by atoms with Gasteiger partial charge in [-0.2, -0.15) is 0 Å². The van der Waals surface area contributed by atoms with Gasteiger partial charge in [0.2, 0.25) is 0 Å². The number of aryl methyl sites for hydroxylation is 2. The van der Waals surface area contributed by atoms with Gasteiger partial charge >= 0.3 is 0 Å². The number of hydrogen-bond acceptors (Lipinski definition) is 2. The average Bonchev–Trinajstić information content (AvgIpc) is 2.26. The summed E-state index contributed by atoms with van der Waals surface area (Å²) in [4.78, 5) is 6.51. The van der Waals surface area contributed by atoms with Gasteiger partial charge in [0, 0.05) is 23.8 Å². The van der Waals surface area contributed by atoms with Crippen molar-refractivity contribution >= 4 is 5.69 Å². The van der Waals surface area contributed by atoms with Gasteiger partial charge in [0.05, 0.1) is 5.69 Å². The van der Waals surface area contributed by atoms with Gasteiger partial charge in [0.25, 0.3) is 0 Å². The summed E-state index contributed by atoms with van der Waals surface area (Å²) < 4.78 is 0. The molecule has 0 aliphatic carbocycles. The lowest BCUT2D eigenvalue weighted by atomic mass is 10.1. The van der Waals surface area contributed by atoms with Crippen LogP contribution in [-0.4, -0.2) is 4.98 Å². The van der Waals surface area contributed by atoms with Gasteiger partial charge in [-0.1, -0.05) is 19.1 Å². The Hall–Kier alpha value is -1.57. The van der Waals surface area contributed by atoms with Gasteiger partial charge in [-0.05, 0) is 52.2 Å². The maximum Gasteiger partial charge on any atom is 0.0543 e. The van der Waals surface area contributed by atoms with Crippen LogP contribution in [0.3, 0.4) is 0 Å². The summed E-state index contributed by atoms with van der Waals surface area (Å²) in [6.45, 7) is 16.9. The molecule has 18 heavy (non-hydrogen) atoms. The molecule has 0 aromatic carbocycles. The van der Waals surface area contributed by atoms with Gasteiger partial charge < -0.3 is 4.90 Å². The molecule has 0 saturated heterocycles. The predicted octanol–water partition coefficient (Wildman–Crippen LogP) is 4.74. The second-order valence-electron chi connectivity index (χ2n) is 4.99. The molecule has 0 saturated carbocycles. The van der Waals surface area contributed by atoms with Crippen molar-refractivity contribution < 1.29 is 0 Å². The van der Waals surface area contributed by atoms with Crippen LogP contribution in [0.15, 0.2) is 35.9 Å². The van der Waals surface area contributed by atoms with Crippen LogP contribution < -0.4 is 4.90 Å². The van der Waals surface area contributed by atoms with E-state index in [9.17, 15) is 0 Å². The molecule has 0 unspecified atom stereocenters. The molecule has 0 radical (unpaired) electrons. The summed E-state index contributed by atoms with van der Waals surface area (Å²) in [5.74, 6) is 0. The molecule has 1 heterocycles. The maximum atomic E-state index is 4.24. The zero-order valence-electron chi connectivity index (χ0n) is 12.5. The minimum atomic E-state index is 0.996. The second kappa shape index (κ2) is 5.85. The number of nitrogens with zero attached hydrogens (tertiary/aromatic N) is 2. The third-order valence-corrected chi connectivity index (χ3v) is 3.07. The molecule has 2 nitrogen and oxygen atoms in total. The van der Waals surface area contributed by atoms with E-state index in [1.165, 1.54) is 28.1 Å². The molecule has 98 valence electrons. The molecule has 0 bridgehead atoms. The highest BCUT2D eigenvalue weighted by Crippen LogP contribution is 2.32. The Balaban J connectivity index is 3.48. The lowest BCUT2D eigenvalue weighted by molar-refractivity contribution is 0.928. The monoisotopic (exact) mass is 244 g/mol. The molecule has 1 rings (SSSR count). The van der Waals surface area contributed by atoms with Crippen molar-refractivity contribution in [3.63, 3.8) is 0 Å². The van der Waals surface area contributed by atoms with E-state index in [0.717, 1.165) is 12.1 Å². The van der Waals surface area contributed by atoms with E-state index < -0.39 is 0 Å². The summed E-state index contributed by atoms with van der Waals surface area (Å²) in [7, 11) is 0. The average molecular weight is 244 g/mol. The highest BCUT2D eigenvalue weighted by atomic mass is 15.2. The van der Waals surface area contributed by atoms with Crippen molar-refractivity contribution in [1.82, 2.24) is 4.98 Å². The van der Waals surface area contributed by atoms with Gasteiger partial charge in [-0.3, -0.25) is 4.98 Å². The van der Waals surface area contributed by atoms with Crippen LogP contribution in [0.4, 0.5) is 5.69 Å². The number of aromatic nitrogens is 1. The summed E-state index contributed by atoms with van der Waals surface area (Å²) in [6, 6.07) is 0. The van der Waals surface area contributed by atoms with E-state index in [1.807, 2.05) is 12.4 Å². The first-order chi connectivity index (χ1) is 8.40. The van der Waals surface area contributed by atoms with E-state index in [-0.39, 0.29) is 0 Å². The van der Waals surface area contributed by atoms with E-state index in [4.69, 9.17) is 0 Å². The number of rotatable bonds is 4. The topological polar surface area (TPSA) is 16.1 Å². The molecule has 0 fully saturated rings. The molecule has 2 heteroatoms. The summed E-state index contributed by atoms with van der Waals surface area (Å²) >= 11 is 0.